The molecule has 0 aromatic heterocycles. The van der Waals surface area contributed by atoms with Crippen molar-refractivity contribution in [3.8, 4) is 0 Å². The molecule has 0 saturated carbocycles. The third-order valence-corrected chi connectivity index (χ3v) is 4.45. The predicted octanol–water partition coefficient (Wildman–Crippen LogP) is 4.21. The van der Waals surface area contributed by atoms with E-state index in [1.165, 1.54) is 26.2 Å². The van der Waals surface area contributed by atoms with Gasteiger partial charge in [0, 0.05) is 13.5 Å². The van der Waals surface area contributed by atoms with E-state index in [-0.39, 0.29) is 18.8 Å². The fraction of sp³-hybridized carbons (Fsp3) is 0.381. The molecule has 0 aliphatic carbocycles. The standard InChI is InChI=1S/C21H23F4NO3/c1-3-29-19(27)20(21(23,24)25,13-15-9-11-17(22)12-10-15)26-18(14-28-2)16-7-5-4-6-8-16/h4-12,18,26H,3,13-14H2,1-2H3/t18-,20-/m0/s1. The van der Waals surface area contributed by atoms with Crippen LogP contribution in [0.5, 0.6) is 0 Å². The number of carbonyl (C=O) groups excluding carboxylic acids is 1. The molecule has 2 aromatic carbocycles. The van der Waals surface area contributed by atoms with Crippen LogP contribution in [0.15, 0.2) is 54.6 Å². The highest BCUT2D eigenvalue weighted by molar-refractivity contribution is 5.82. The largest absolute Gasteiger partial charge is 0.464 e. The van der Waals surface area contributed by atoms with E-state index in [1.54, 1.807) is 30.3 Å². The lowest BCUT2D eigenvalue weighted by atomic mass is 9.88. The average Bonchev–Trinajstić information content (AvgIpc) is 2.68. The van der Waals surface area contributed by atoms with Gasteiger partial charge in [0.25, 0.3) is 0 Å². The Hall–Kier alpha value is -2.45. The summed E-state index contributed by atoms with van der Waals surface area (Å²) < 4.78 is 66.2. The Labute approximate surface area is 166 Å². The van der Waals surface area contributed by atoms with Crippen molar-refractivity contribution in [3.05, 3.63) is 71.5 Å². The van der Waals surface area contributed by atoms with Crippen molar-refractivity contribution in [2.24, 2.45) is 0 Å². The number of hydrogen-bond acceptors (Lipinski definition) is 4. The lowest BCUT2D eigenvalue weighted by molar-refractivity contribution is -0.216. The van der Waals surface area contributed by atoms with Crippen LogP contribution in [0, 0.1) is 5.82 Å². The third-order valence-electron chi connectivity index (χ3n) is 4.45. The number of rotatable bonds is 9. The van der Waals surface area contributed by atoms with Crippen LogP contribution in [-0.2, 0) is 20.7 Å². The topological polar surface area (TPSA) is 47.6 Å². The number of hydrogen-bond donors (Lipinski definition) is 1. The molecule has 29 heavy (non-hydrogen) atoms. The Morgan fingerprint density at radius 3 is 2.21 bits per heavy atom. The Balaban J connectivity index is 2.53. The summed E-state index contributed by atoms with van der Waals surface area (Å²) in [7, 11) is 1.36. The van der Waals surface area contributed by atoms with Crippen LogP contribution in [-0.4, -0.2) is 38.0 Å². The molecule has 0 radical (unpaired) electrons. The highest BCUT2D eigenvalue weighted by Gasteiger charge is 2.62. The molecule has 4 nitrogen and oxygen atoms in total. The lowest BCUT2D eigenvalue weighted by Gasteiger charge is -2.37. The monoisotopic (exact) mass is 413 g/mol. The second-order valence-corrected chi connectivity index (χ2v) is 6.49. The van der Waals surface area contributed by atoms with Crippen LogP contribution >= 0.6 is 0 Å². The van der Waals surface area contributed by atoms with Crippen molar-refractivity contribution >= 4 is 5.97 Å². The van der Waals surface area contributed by atoms with Crippen molar-refractivity contribution in [2.75, 3.05) is 20.3 Å². The summed E-state index contributed by atoms with van der Waals surface area (Å²) in [6.45, 7) is 1.10. The van der Waals surface area contributed by atoms with E-state index in [2.05, 4.69) is 5.32 Å². The van der Waals surface area contributed by atoms with E-state index in [4.69, 9.17) is 9.47 Å². The van der Waals surface area contributed by atoms with Crippen molar-refractivity contribution < 1.29 is 31.8 Å². The summed E-state index contributed by atoms with van der Waals surface area (Å²) in [4.78, 5) is 12.6. The van der Waals surface area contributed by atoms with Gasteiger partial charge in [-0.15, -0.1) is 0 Å². The van der Waals surface area contributed by atoms with E-state index in [1.807, 2.05) is 0 Å². The van der Waals surface area contributed by atoms with Gasteiger partial charge in [-0.25, -0.2) is 9.18 Å². The zero-order valence-electron chi connectivity index (χ0n) is 16.1. The number of methoxy groups -OCH3 is 1. The average molecular weight is 413 g/mol. The molecule has 2 atom stereocenters. The first kappa shape index (κ1) is 22.8. The van der Waals surface area contributed by atoms with Crippen molar-refractivity contribution in [1.82, 2.24) is 5.32 Å². The molecule has 2 rings (SSSR count). The Morgan fingerprint density at radius 1 is 1.07 bits per heavy atom. The number of nitrogens with one attached hydrogen (secondary N) is 1. The summed E-state index contributed by atoms with van der Waals surface area (Å²) in [6.07, 6.45) is -5.75. The number of alkyl halides is 3. The first-order valence-electron chi connectivity index (χ1n) is 9.03. The molecule has 2 aromatic rings. The number of esters is 1. The lowest BCUT2D eigenvalue weighted by Crippen LogP contribution is -2.65. The molecule has 0 aliphatic heterocycles. The highest BCUT2D eigenvalue weighted by atomic mass is 19.4. The van der Waals surface area contributed by atoms with Gasteiger partial charge in [0.2, 0.25) is 5.54 Å². The maximum absolute atomic E-state index is 14.4. The maximum atomic E-state index is 14.4. The molecule has 158 valence electrons. The highest BCUT2D eigenvalue weighted by Crippen LogP contribution is 2.37. The molecule has 0 saturated heterocycles. The molecule has 0 fully saturated rings. The molecule has 0 spiro atoms. The van der Waals surface area contributed by atoms with Gasteiger partial charge in [-0.2, -0.15) is 13.2 Å². The molecule has 1 N–H and O–H groups in total. The minimum Gasteiger partial charge on any atom is -0.464 e. The Morgan fingerprint density at radius 2 is 1.69 bits per heavy atom. The van der Waals surface area contributed by atoms with E-state index in [0.717, 1.165) is 12.1 Å². The van der Waals surface area contributed by atoms with Gasteiger partial charge in [0.1, 0.15) is 5.82 Å². The Bertz CT molecular complexity index is 781. The molecule has 0 unspecified atom stereocenters. The molecular formula is C21H23F4NO3. The summed E-state index contributed by atoms with van der Waals surface area (Å²) in [5.41, 5.74) is -2.39. The van der Waals surface area contributed by atoms with Crippen molar-refractivity contribution in [1.29, 1.82) is 0 Å². The Kier molecular flexibility index (Phi) is 7.75. The van der Waals surface area contributed by atoms with Crippen LogP contribution in [0.25, 0.3) is 0 Å². The SMILES string of the molecule is CCOC(=O)[C@](Cc1ccc(F)cc1)(N[C@@H](COC)c1ccccc1)C(F)(F)F. The van der Waals surface area contributed by atoms with Crippen LogP contribution in [0.4, 0.5) is 17.6 Å². The van der Waals surface area contributed by atoms with Gasteiger partial charge in [-0.1, -0.05) is 42.5 Å². The fourth-order valence-corrected chi connectivity index (χ4v) is 3.01. The quantitative estimate of drug-likeness (QED) is 0.494. The minimum atomic E-state index is -4.99. The van der Waals surface area contributed by atoms with Crippen LogP contribution in [0.3, 0.4) is 0 Å². The summed E-state index contributed by atoms with van der Waals surface area (Å²) in [5, 5.41) is 2.45. The van der Waals surface area contributed by atoms with Gasteiger partial charge in [0.15, 0.2) is 0 Å². The van der Waals surface area contributed by atoms with Gasteiger partial charge in [0.05, 0.1) is 19.3 Å². The molecule has 0 aliphatic rings. The number of carbonyl (C=O) groups is 1. The van der Waals surface area contributed by atoms with E-state index < -0.39 is 36.0 Å². The van der Waals surface area contributed by atoms with Gasteiger partial charge in [-0.3, -0.25) is 5.32 Å². The van der Waals surface area contributed by atoms with Gasteiger partial charge in [-0.05, 0) is 30.2 Å². The molecule has 0 bridgehead atoms. The van der Waals surface area contributed by atoms with Crippen molar-refractivity contribution in [3.63, 3.8) is 0 Å². The van der Waals surface area contributed by atoms with E-state index >= 15 is 0 Å². The zero-order chi connectivity index (χ0) is 21.5. The predicted molar refractivity (Wildman–Crippen MR) is 99.7 cm³/mol. The summed E-state index contributed by atoms with van der Waals surface area (Å²) in [5.74, 6) is -2.04. The van der Waals surface area contributed by atoms with Crippen LogP contribution in [0.2, 0.25) is 0 Å². The normalized spacial score (nSPS) is 14.8. The smallest absolute Gasteiger partial charge is 0.417 e. The number of halogens is 4. The number of ether oxygens (including phenoxy) is 2. The van der Waals surface area contributed by atoms with Crippen LogP contribution in [0.1, 0.15) is 24.1 Å². The van der Waals surface area contributed by atoms with Gasteiger partial charge >= 0.3 is 12.1 Å². The second-order valence-electron chi connectivity index (χ2n) is 6.49. The molecular weight excluding hydrogens is 390 g/mol. The van der Waals surface area contributed by atoms with E-state index in [9.17, 15) is 22.4 Å². The first-order chi connectivity index (χ1) is 13.7. The molecule has 8 heteroatoms. The van der Waals surface area contributed by atoms with Gasteiger partial charge < -0.3 is 9.47 Å². The fourth-order valence-electron chi connectivity index (χ4n) is 3.01. The summed E-state index contributed by atoms with van der Waals surface area (Å²) >= 11 is 0. The first-order valence-corrected chi connectivity index (χ1v) is 9.03. The van der Waals surface area contributed by atoms with Crippen molar-refractivity contribution in [2.45, 2.75) is 31.1 Å². The third kappa shape index (κ3) is 5.55. The molecule has 0 heterocycles. The van der Waals surface area contributed by atoms with Crippen LogP contribution < -0.4 is 5.32 Å². The maximum Gasteiger partial charge on any atom is 0.417 e. The number of benzene rings is 2. The molecule has 0 amide bonds. The zero-order valence-corrected chi connectivity index (χ0v) is 16.1. The summed E-state index contributed by atoms with van der Waals surface area (Å²) in [6, 6.07) is 12.0. The minimum absolute atomic E-state index is 0.106. The second kappa shape index (κ2) is 9.84. The van der Waals surface area contributed by atoms with E-state index in [0.29, 0.717) is 5.56 Å².